The minimum Gasteiger partial charge on any atom is -0.486 e. The van der Waals surface area contributed by atoms with Crippen LogP contribution in [0.1, 0.15) is 11.1 Å². The molecule has 1 heterocycles. The SMILES string of the molecule is OC(CNCc1cccc2c1OCCO2)Cc1ccccc1. The van der Waals surface area contributed by atoms with E-state index in [2.05, 4.69) is 5.32 Å². The predicted octanol–water partition coefficient (Wildman–Crippen LogP) is 2.15. The molecule has 0 saturated carbocycles. The van der Waals surface area contributed by atoms with Crippen LogP contribution in [-0.2, 0) is 13.0 Å². The summed E-state index contributed by atoms with van der Waals surface area (Å²) in [4.78, 5) is 0. The molecule has 1 atom stereocenters. The van der Waals surface area contributed by atoms with Crippen molar-refractivity contribution in [2.24, 2.45) is 0 Å². The molecule has 3 rings (SSSR count). The van der Waals surface area contributed by atoms with Crippen LogP contribution in [-0.4, -0.2) is 31.0 Å². The first kappa shape index (κ1) is 14.9. The molecular weight excluding hydrogens is 278 g/mol. The molecule has 4 nitrogen and oxygen atoms in total. The minimum atomic E-state index is -0.404. The molecule has 1 aliphatic rings. The van der Waals surface area contributed by atoms with Crippen LogP contribution in [0.2, 0.25) is 0 Å². The molecule has 0 aliphatic carbocycles. The average molecular weight is 299 g/mol. The second kappa shape index (κ2) is 7.29. The highest BCUT2D eigenvalue weighted by Crippen LogP contribution is 2.33. The molecule has 0 fully saturated rings. The molecule has 116 valence electrons. The van der Waals surface area contributed by atoms with Crippen LogP contribution in [0.15, 0.2) is 48.5 Å². The molecular formula is C18H21NO3. The van der Waals surface area contributed by atoms with Crippen LogP contribution in [0.25, 0.3) is 0 Å². The first-order chi connectivity index (χ1) is 10.8. The van der Waals surface area contributed by atoms with Gasteiger partial charge in [0.25, 0.3) is 0 Å². The van der Waals surface area contributed by atoms with Gasteiger partial charge in [0.1, 0.15) is 13.2 Å². The summed E-state index contributed by atoms with van der Waals surface area (Å²) in [6.45, 7) is 2.37. The van der Waals surface area contributed by atoms with Gasteiger partial charge in [-0.2, -0.15) is 0 Å². The Kier molecular flexibility index (Phi) is 4.93. The van der Waals surface area contributed by atoms with Crippen LogP contribution in [0.5, 0.6) is 11.5 Å². The second-order valence-electron chi connectivity index (χ2n) is 5.42. The molecule has 0 radical (unpaired) electrons. The van der Waals surface area contributed by atoms with E-state index in [9.17, 15) is 5.11 Å². The van der Waals surface area contributed by atoms with Crippen molar-refractivity contribution in [2.45, 2.75) is 19.1 Å². The molecule has 0 amide bonds. The van der Waals surface area contributed by atoms with Gasteiger partial charge in [-0.1, -0.05) is 42.5 Å². The maximum absolute atomic E-state index is 10.1. The molecule has 2 aromatic rings. The number of fused-ring (bicyclic) bond motifs is 1. The fraction of sp³-hybridized carbons (Fsp3) is 0.333. The van der Waals surface area contributed by atoms with Crippen LogP contribution < -0.4 is 14.8 Å². The van der Waals surface area contributed by atoms with Gasteiger partial charge in [0.15, 0.2) is 11.5 Å². The van der Waals surface area contributed by atoms with Gasteiger partial charge in [-0.3, -0.25) is 0 Å². The first-order valence-corrected chi connectivity index (χ1v) is 7.63. The molecule has 22 heavy (non-hydrogen) atoms. The number of nitrogens with one attached hydrogen (secondary N) is 1. The van der Waals surface area contributed by atoms with Gasteiger partial charge in [-0.25, -0.2) is 0 Å². The minimum absolute atomic E-state index is 0.404. The summed E-state index contributed by atoms with van der Waals surface area (Å²) >= 11 is 0. The zero-order chi connectivity index (χ0) is 15.2. The number of hydrogen-bond acceptors (Lipinski definition) is 4. The first-order valence-electron chi connectivity index (χ1n) is 7.63. The van der Waals surface area contributed by atoms with Gasteiger partial charge in [0, 0.05) is 18.7 Å². The van der Waals surface area contributed by atoms with Gasteiger partial charge in [-0.05, 0) is 18.1 Å². The van der Waals surface area contributed by atoms with Crippen molar-refractivity contribution in [3.05, 3.63) is 59.7 Å². The van der Waals surface area contributed by atoms with E-state index in [1.807, 2.05) is 48.5 Å². The Morgan fingerprint density at radius 1 is 1.00 bits per heavy atom. The maximum atomic E-state index is 10.1. The van der Waals surface area contributed by atoms with Crippen molar-refractivity contribution < 1.29 is 14.6 Å². The Morgan fingerprint density at radius 2 is 1.82 bits per heavy atom. The van der Waals surface area contributed by atoms with Crippen LogP contribution in [0.3, 0.4) is 0 Å². The Hall–Kier alpha value is -2.04. The quantitative estimate of drug-likeness (QED) is 0.858. The second-order valence-corrected chi connectivity index (χ2v) is 5.42. The standard InChI is InChI=1S/C18H21NO3/c20-16(11-14-5-2-1-3-6-14)13-19-12-15-7-4-8-17-18(15)22-10-9-21-17/h1-8,16,19-20H,9-13H2. The highest BCUT2D eigenvalue weighted by Gasteiger charge is 2.15. The molecule has 0 saturated heterocycles. The normalized spacial score (nSPS) is 14.6. The smallest absolute Gasteiger partial charge is 0.165 e. The lowest BCUT2D eigenvalue weighted by molar-refractivity contribution is 0.165. The van der Waals surface area contributed by atoms with Crippen LogP contribution >= 0.6 is 0 Å². The topological polar surface area (TPSA) is 50.7 Å². The van der Waals surface area contributed by atoms with Crippen molar-refractivity contribution in [2.75, 3.05) is 19.8 Å². The van der Waals surface area contributed by atoms with Gasteiger partial charge in [-0.15, -0.1) is 0 Å². The predicted molar refractivity (Wildman–Crippen MR) is 85.3 cm³/mol. The average Bonchev–Trinajstić information content (AvgIpc) is 2.56. The van der Waals surface area contributed by atoms with E-state index in [0.717, 1.165) is 22.6 Å². The number of para-hydroxylation sites is 1. The molecule has 0 bridgehead atoms. The van der Waals surface area contributed by atoms with Crippen LogP contribution in [0.4, 0.5) is 0 Å². The summed E-state index contributed by atoms with van der Waals surface area (Å²) in [5.41, 5.74) is 2.20. The molecule has 0 aromatic heterocycles. The highest BCUT2D eigenvalue weighted by molar-refractivity contribution is 5.47. The van der Waals surface area contributed by atoms with Gasteiger partial charge in [0.2, 0.25) is 0 Å². The third-order valence-corrected chi connectivity index (χ3v) is 3.66. The Morgan fingerprint density at radius 3 is 2.68 bits per heavy atom. The third-order valence-electron chi connectivity index (χ3n) is 3.66. The van der Waals surface area contributed by atoms with Crippen molar-refractivity contribution in [3.8, 4) is 11.5 Å². The van der Waals surface area contributed by atoms with Crippen molar-refractivity contribution >= 4 is 0 Å². The zero-order valence-corrected chi connectivity index (χ0v) is 12.5. The fourth-order valence-corrected chi connectivity index (χ4v) is 2.61. The van der Waals surface area contributed by atoms with E-state index in [4.69, 9.17) is 9.47 Å². The van der Waals surface area contributed by atoms with Crippen LogP contribution in [0, 0.1) is 0 Å². The monoisotopic (exact) mass is 299 g/mol. The van der Waals surface area contributed by atoms with Crippen molar-refractivity contribution in [3.63, 3.8) is 0 Å². The maximum Gasteiger partial charge on any atom is 0.165 e. The van der Waals surface area contributed by atoms with Gasteiger partial charge < -0.3 is 19.9 Å². The van der Waals surface area contributed by atoms with E-state index < -0.39 is 6.10 Å². The summed E-state index contributed by atoms with van der Waals surface area (Å²) in [5.74, 6) is 1.62. The number of aliphatic hydroxyl groups excluding tert-OH is 1. The lowest BCUT2D eigenvalue weighted by Crippen LogP contribution is -2.28. The summed E-state index contributed by atoms with van der Waals surface area (Å²) in [6.07, 6.45) is 0.250. The largest absolute Gasteiger partial charge is 0.486 e. The van der Waals surface area contributed by atoms with Gasteiger partial charge in [0.05, 0.1) is 6.10 Å². The lowest BCUT2D eigenvalue weighted by atomic mass is 10.1. The number of ether oxygens (including phenoxy) is 2. The molecule has 0 spiro atoms. The summed E-state index contributed by atoms with van der Waals surface area (Å²) < 4.78 is 11.2. The Labute approximate surface area is 130 Å². The highest BCUT2D eigenvalue weighted by atomic mass is 16.6. The summed E-state index contributed by atoms with van der Waals surface area (Å²) in [7, 11) is 0. The fourth-order valence-electron chi connectivity index (χ4n) is 2.61. The lowest BCUT2D eigenvalue weighted by Gasteiger charge is -2.21. The van der Waals surface area contributed by atoms with E-state index in [-0.39, 0.29) is 0 Å². The molecule has 2 aromatic carbocycles. The molecule has 1 aliphatic heterocycles. The van der Waals surface area contributed by atoms with E-state index in [1.54, 1.807) is 0 Å². The number of hydrogen-bond donors (Lipinski definition) is 2. The Bertz CT molecular complexity index is 601. The van der Waals surface area contributed by atoms with E-state index in [1.165, 1.54) is 0 Å². The molecule has 4 heteroatoms. The zero-order valence-electron chi connectivity index (χ0n) is 12.5. The number of rotatable bonds is 6. The van der Waals surface area contributed by atoms with E-state index in [0.29, 0.717) is 32.7 Å². The third kappa shape index (κ3) is 3.78. The van der Waals surface area contributed by atoms with Crippen molar-refractivity contribution in [1.29, 1.82) is 0 Å². The molecule has 1 unspecified atom stereocenters. The van der Waals surface area contributed by atoms with Gasteiger partial charge >= 0.3 is 0 Å². The van der Waals surface area contributed by atoms with Crippen molar-refractivity contribution in [1.82, 2.24) is 5.32 Å². The molecule has 2 N–H and O–H groups in total. The summed E-state index contributed by atoms with van der Waals surface area (Å²) in [6, 6.07) is 15.9. The summed E-state index contributed by atoms with van der Waals surface area (Å²) in [5, 5.41) is 13.4. The Balaban J connectivity index is 1.51. The number of aliphatic hydroxyl groups is 1. The van der Waals surface area contributed by atoms with E-state index >= 15 is 0 Å². The number of benzene rings is 2.